The molecule has 1 saturated heterocycles. The minimum atomic E-state index is -0.314. The number of amides is 1. The second-order valence-electron chi connectivity index (χ2n) is 6.16. The van der Waals surface area contributed by atoms with Crippen LogP contribution in [-0.2, 0) is 11.2 Å². The number of hydrogen-bond donors (Lipinski definition) is 0. The molecule has 0 radical (unpaired) electrons. The molecule has 0 spiro atoms. The van der Waals surface area contributed by atoms with Crippen molar-refractivity contribution in [2.24, 2.45) is 0 Å². The van der Waals surface area contributed by atoms with E-state index in [2.05, 4.69) is 4.90 Å². The topological polar surface area (TPSA) is 23.6 Å². The van der Waals surface area contributed by atoms with E-state index in [1.165, 1.54) is 18.2 Å². The average Bonchev–Trinajstić information content (AvgIpc) is 2.58. The van der Waals surface area contributed by atoms with Crippen LogP contribution in [0.3, 0.4) is 0 Å². The Morgan fingerprint density at radius 1 is 1.08 bits per heavy atom. The van der Waals surface area contributed by atoms with E-state index in [4.69, 9.17) is 0 Å². The Hall–Kier alpha value is -2.27. The summed E-state index contributed by atoms with van der Waals surface area (Å²) >= 11 is 0. The first kappa shape index (κ1) is 16.6. The number of piperazine rings is 1. The summed E-state index contributed by atoms with van der Waals surface area (Å²) in [7, 11) is 1.94. The van der Waals surface area contributed by atoms with Crippen molar-refractivity contribution >= 4 is 5.91 Å². The van der Waals surface area contributed by atoms with E-state index in [-0.39, 0.29) is 30.0 Å². The number of hydrogen-bond acceptors (Lipinski definition) is 2. The van der Waals surface area contributed by atoms with E-state index < -0.39 is 0 Å². The van der Waals surface area contributed by atoms with Gasteiger partial charge in [-0.25, -0.2) is 8.78 Å². The first-order valence-electron chi connectivity index (χ1n) is 8.01. The maximum atomic E-state index is 14.1. The average molecular weight is 330 g/mol. The molecule has 3 rings (SSSR count). The molecule has 0 saturated carbocycles. The summed E-state index contributed by atoms with van der Waals surface area (Å²) in [6, 6.07) is 12.5. The van der Waals surface area contributed by atoms with Gasteiger partial charge in [-0.15, -0.1) is 0 Å². The van der Waals surface area contributed by atoms with Gasteiger partial charge in [0.2, 0.25) is 5.91 Å². The molecule has 0 aliphatic carbocycles. The third-order valence-electron chi connectivity index (χ3n) is 4.53. The van der Waals surface area contributed by atoms with Crippen LogP contribution in [0, 0.1) is 11.6 Å². The van der Waals surface area contributed by atoms with Gasteiger partial charge >= 0.3 is 0 Å². The molecule has 126 valence electrons. The molecular formula is C19H20F2N2O. The highest BCUT2D eigenvalue weighted by Gasteiger charge is 2.29. The Bertz CT molecular complexity index is 718. The SMILES string of the molecule is CN1CCN(C(=O)Cc2ccc(F)cc2)CC1c1ccccc1F. The molecule has 1 aliphatic rings. The Labute approximate surface area is 140 Å². The molecule has 5 heteroatoms. The molecule has 24 heavy (non-hydrogen) atoms. The fourth-order valence-electron chi connectivity index (χ4n) is 3.07. The molecule has 0 aromatic heterocycles. The van der Waals surface area contributed by atoms with Gasteiger partial charge in [0.05, 0.1) is 12.5 Å². The smallest absolute Gasteiger partial charge is 0.227 e. The molecule has 2 aromatic carbocycles. The summed E-state index contributed by atoms with van der Waals surface area (Å²) in [6.45, 7) is 1.76. The number of halogens is 2. The summed E-state index contributed by atoms with van der Waals surface area (Å²) in [6.07, 6.45) is 0.230. The van der Waals surface area contributed by atoms with Crippen LogP contribution < -0.4 is 0 Å². The predicted octanol–water partition coefficient (Wildman–Crippen LogP) is 3.02. The Kier molecular flexibility index (Phi) is 4.90. The lowest BCUT2D eigenvalue weighted by atomic mass is 10.0. The molecule has 1 unspecified atom stereocenters. The maximum absolute atomic E-state index is 14.1. The first-order chi connectivity index (χ1) is 11.5. The van der Waals surface area contributed by atoms with Gasteiger partial charge in [-0.1, -0.05) is 30.3 Å². The van der Waals surface area contributed by atoms with Crippen LogP contribution in [-0.4, -0.2) is 42.4 Å². The Morgan fingerprint density at radius 2 is 1.79 bits per heavy atom. The number of likely N-dealkylation sites (N-methyl/N-ethyl adjacent to an activating group) is 1. The maximum Gasteiger partial charge on any atom is 0.227 e. The molecule has 1 fully saturated rings. The molecule has 1 aliphatic heterocycles. The van der Waals surface area contributed by atoms with Gasteiger partial charge in [0.25, 0.3) is 0 Å². The second-order valence-corrected chi connectivity index (χ2v) is 6.16. The van der Waals surface area contributed by atoms with E-state index in [1.807, 2.05) is 13.1 Å². The highest BCUT2D eigenvalue weighted by atomic mass is 19.1. The number of benzene rings is 2. The van der Waals surface area contributed by atoms with Crippen LogP contribution in [0.2, 0.25) is 0 Å². The van der Waals surface area contributed by atoms with Gasteiger partial charge in [-0.2, -0.15) is 0 Å². The summed E-state index contributed by atoms with van der Waals surface area (Å²) in [5.74, 6) is -0.580. The van der Waals surface area contributed by atoms with Crippen molar-refractivity contribution < 1.29 is 13.6 Å². The highest BCUT2D eigenvalue weighted by molar-refractivity contribution is 5.79. The standard InChI is InChI=1S/C19H20F2N2O/c1-22-10-11-23(13-18(22)16-4-2-3-5-17(16)21)19(24)12-14-6-8-15(20)9-7-14/h2-9,18H,10-13H2,1H3. The van der Waals surface area contributed by atoms with E-state index in [0.717, 1.165) is 5.56 Å². The van der Waals surface area contributed by atoms with Crippen molar-refractivity contribution in [3.05, 3.63) is 71.3 Å². The van der Waals surface area contributed by atoms with Crippen LogP contribution in [0.25, 0.3) is 0 Å². The van der Waals surface area contributed by atoms with Crippen molar-refractivity contribution in [1.82, 2.24) is 9.80 Å². The summed E-state index contributed by atoms with van der Waals surface area (Å²) in [4.78, 5) is 16.4. The zero-order valence-corrected chi connectivity index (χ0v) is 13.6. The van der Waals surface area contributed by atoms with Gasteiger partial charge in [0.15, 0.2) is 0 Å². The summed E-state index contributed by atoms with van der Waals surface area (Å²) in [5.41, 5.74) is 1.39. The molecular weight excluding hydrogens is 310 g/mol. The fraction of sp³-hybridized carbons (Fsp3) is 0.316. The van der Waals surface area contributed by atoms with Crippen LogP contribution in [0.15, 0.2) is 48.5 Å². The predicted molar refractivity (Wildman–Crippen MR) is 88.5 cm³/mol. The van der Waals surface area contributed by atoms with E-state index in [1.54, 1.807) is 29.2 Å². The lowest BCUT2D eigenvalue weighted by Crippen LogP contribution is -2.49. The van der Waals surface area contributed by atoms with Crippen molar-refractivity contribution in [3.63, 3.8) is 0 Å². The number of nitrogens with zero attached hydrogens (tertiary/aromatic N) is 2. The first-order valence-corrected chi connectivity index (χ1v) is 8.01. The van der Waals surface area contributed by atoms with E-state index in [9.17, 15) is 13.6 Å². The second kappa shape index (κ2) is 7.09. The van der Waals surface area contributed by atoms with Gasteiger partial charge in [0, 0.05) is 25.2 Å². The van der Waals surface area contributed by atoms with Crippen molar-refractivity contribution in [3.8, 4) is 0 Å². The van der Waals surface area contributed by atoms with Crippen LogP contribution in [0.4, 0.5) is 8.78 Å². The van der Waals surface area contributed by atoms with Crippen molar-refractivity contribution in [2.45, 2.75) is 12.5 Å². The van der Waals surface area contributed by atoms with Crippen LogP contribution in [0.5, 0.6) is 0 Å². The molecule has 3 nitrogen and oxygen atoms in total. The number of carbonyl (C=O) groups excluding carboxylic acids is 1. The molecule has 2 aromatic rings. The van der Waals surface area contributed by atoms with Gasteiger partial charge in [-0.3, -0.25) is 9.69 Å². The van der Waals surface area contributed by atoms with Crippen LogP contribution >= 0.6 is 0 Å². The quantitative estimate of drug-likeness (QED) is 0.864. The lowest BCUT2D eigenvalue weighted by Gasteiger charge is -2.39. The van der Waals surface area contributed by atoms with Gasteiger partial charge in [0.1, 0.15) is 11.6 Å². The zero-order chi connectivity index (χ0) is 17.1. The molecule has 1 amide bonds. The minimum absolute atomic E-state index is 0.0175. The van der Waals surface area contributed by atoms with E-state index >= 15 is 0 Å². The summed E-state index contributed by atoms with van der Waals surface area (Å²) in [5, 5.41) is 0. The number of carbonyl (C=O) groups is 1. The number of rotatable bonds is 3. The van der Waals surface area contributed by atoms with E-state index in [0.29, 0.717) is 25.2 Å². The molecule has 1 atom stereocenters. The Morgan fingerprint density at radius 3 is 2.50 bits per heavy atom. The zero-order valence-electron chi connectivity index (χ0n) is 13.6. The van der Waals surface area contributed by atoms with Gasteiger partial charge in [-0.05, 0) is 30.8 Å². The minimum Gasteiger partial charge on any atom is -0.339 e. The Balaban J connectivity index is 1.71. The van der Waals surface area contributed by atoms with Crippen LogP contribution in [0.1, 0.15) is 17.2 Å². The van der Waals surface area contributed by atoms with Crippen molar-refractivity contribution in [1.29, 1.82) is 0 Å². The fourth-order valence-corrected chi connectivity index (χ4v) is 3.07. The molecule has 0 bridgehead atoms. The highest BCUT2D eigenvalue weighted by Crippen LogP contribution is 2.26. The largest absolute Gasteiger partial charge is 0.339 e. The molecule has 1 heterocycles. The third-order valence-corrected chi connectivity index (χ3v) is 4.53. The molecule has 0 N–H and O–H groups in total. The monoisotopic (exact) mass is 330 g/mol. The normalized spacial score (nSPS) is 18.6. The lowest BCUT2D eigenvalue weighted by molar-refractivity contribution is -0.133. The van der Waals surface area contributed by atoms with Crippen molar-refractivity contribution in [2.75, 3.05) is 26.7 Å². The van der Waals surface area contributed by atoms with Gasteiger partial charge < -0.3 is 4.90 Å². The summed E-state index contributed by atoms with van der Waals surface area (Å²) < 4.78 is 27.1. The third kappa shape index (κ3) is 3.62.